The minimum atomic E-state index is -0.267. The number of fused-ring (bicyclic) bond motifs is 1. The highest BCUT2D eigenvalue weighted by Gasteiger charge is 2.18. The molecule has 4 aromatic rings. The molecule has 0 aliphatic carbocycles. The molecule has 0 spiro atoms. The number of aryl methyl sites for hydroxylation is 2. The van der Waals surface area contributed by atoms with Crippen LogP contribution in [0.4, 0.5) is 0 Å². The Kier molecular flexibility index (Phi) is 6.31. The van der Waals surface area contributed by atoms with Crippen molar-refractivity contribution >= 4 is 16.9 Å². The van der Waals surface area contributed by atoms with Gasteiger partial charge in [0.25, 0.3) is 5.56 Å². The number of benzene rings is 2. The van der Waals surface area contributed by atoms with E-state index in [-0.39, 0.29) is 18.0 Å². The maximum absolute atomic E-state index is 13.3. The van der Waals surface area contributed by atoms with E-state index in [9.17, 15) is 9.59 Å². The summed E-state index contributed by atoms with van der Waals surface area (Å²) in [5, 5.41) is 3.40. The zero-order valence-electron chi connectivity index (χ0n) is 19.4. The van der Waals surface area contributed by atoms with Gasteiger partial charge in [0.2, 0.25) is 5.91 Å². The molecule has 2 aromatic carbocycles. The molecule has 7 nitrogen and oxygen atoms in total. The molecule has 1 amide bonds. The van der Waals surface area contributed by atoms with Crippen molar-refractivity contribution < 1.29 is 9.53 Å². The quantitative estimate of drug-likeness (QED) is 0.470. The van der Waals surface area contributed by atoms with Crippen molar-refractivity contribution in [1.29, 1.82) is 0 Å². The fourth-order valence-electron chi connectivity index (χ4n) is 3.96. The maximum Gasteiger partial charge on any atom is 0.263 e. The third-order valence-electron chi connectivity index (χ3n) is 5.84. The second kappa shape index (κ2) is 9.32. The molecule has 0 atom stereocenters. The Balaban J connectivity index is 1.59. The Hall–Kier alpha value is -3.87. The number of amides is 1. The van der Waals surface area contributed by atoms with Crippen LogP contribution in [0.5, 0.6) is 5.75 Å². The number of carbonyl (C=O) groups is 1. The average molecular weight is 445 g/mol. The number of hydrogen-bond donors (Lipinski definition) is 1. The van der Waals surface area contributed by atoms with E-state index in [0.717, 1.165) is 33.8 Å². The number of aromatic nitrogens is 3. The highest BCUT2D eigenvalue weighted by molar-refractivity contribution is 5.83. The van der Waals surface area contributed by atoms with Gasteiger partial charge in [-0.1, -0.05) is 35.9 Å². The van der Waals surface area contributed by atoms with Crippen LogP contribution in [0.1, 0.15) is 29.3 Å². The summed E-state index contributed by atoms with van der Waals surface area (Å²) < 4.78 is 8.95. The number of rotatable bonds is 7. The van der Waals surface area contributed by atoms with E-state index in [0.29, 0.717) is 24.2 Å². The zero-order valence-corrected chi connectivity index (χ0v) is 19.4. The van der Waals surface area contributed by atoms with Gasteiger partial charge >= 0.3 is 0 Å². The Morgan fingerprint density at radius 2 is 1.79 bits per heavy atom. The molecule has 0 aliphatic heterocycles. The summed E-state index contributed by atoms with van der Waals surface area (Å²) in [4.78, 5) is 30.4. The lowest BCUT2D eigenvalue weighted by molar-refractivity contribution is -0.121. The van der Waals surface area contributed by atoms with Gasteiger partial charge in [-0.15, -0.1) is 0 Å². The molecule has 0 unspecified atom stereocenters. The Morgan fingerprint density at radius 3 is 2.52 bits per heavy atom. The standard InChI is InChI=1S/C26H28N4O3/c1-5-33-22-9-7-6-8-20(22)14-27-23(31)15-29-16-28-25-24(26(29)32)18(3)19(4)30(25)21-12-10-17(2)11-13-21/h6-13,16H,5,14-15H2,1-4H3,(H,27,31). The van der Waals surface area contributed by atoms with E-state index < -0.39 is 0 Å². The molecule has 2 aromatic heterocycles. The lowest BCUT2D eigenvalue weighted by Crippen LogP contribution is -2.32. The van der Waals surface area contributed by atoms with Crippen LogP contribution in [0.3, 0.4) is 0 Å². The average Bonchev–Trinajstić information content (AvgIpc) is 3.06. The van der Waals surface area contributed by atoms with Crippen LogP contribution < -0.4 is 15.6 Å². The van der Waals surface area contributed by atoms with Crippen molar-refractivity contribution in [1.82, 2.24) is 19.4 Å². The van der Waals surface area contributed by atoms with Crippen LogP contribution in [-0.4, -0.2) is 26.6 Å². The van der Waals surface area contributed by atoms with Crippen molar-refractivity contribution in [2.24, 2.45) is 0 Å². The second-order valence-electron chi connectivity index (χ2n) is 8.08. The normalized spacial score (nSPS) is 11.0. The van der Waals surface area contributed by atoms with Gasteiger partial charge in [0, 0.05) is 23.5 Å². The summed E-state index contributed by atoms with van der Waals surface area (Å²) in [7, 11) is 0. The number of nitrogens with zero attached hydrogens (tertiary/aromatic N) is 3. The monoisotopic (exact) mass is 444 g/mol. The van der Waals surface area contributed by atoms with Crippen molar-refractivity contribution in [2.75, 3.05) is 6.61 Å². The third-order valence-corrected chi connectivity index (χ3v) is 5.84. The van der Waals surface area contributed by atoms with E-state index >= 15 is 0 Å². The van der Waals surface area contributed by atoms with Crippen LogP contribution in [0, 0.1) is 20.8 Å². The summed E-state index contributed by atoms with van der Waals surface area (Å²) in [5.41, 5.74) is 5.19. The molecule has 4 rings (SSSR count). The summed E-state index contributed by atoms with van der Waals surface area (Å²) in [6.45, 7) is 8.61. The Bertz CT molecular complexity index is 1370. The molecule has 170 valence electrons. The summed E-state index contributed by atoms with van der Waals surface area (Å²) in [6, 6.07) is 15.7. The number of hydrogen-bond acceptors (Lipinski definition) is 4. The third kappa shape index (κ3) is 4.39. The smallest absolute Gasteiger partial charge is 0.263 e. The summed E-state index contributed by atoms with van der Waals surface area (Å²) >= 11 is 0. The van der Waals surface area contributed by atoms with Crippen molar-refractivity contribution in [2.45, 2.75) is 40.8 Å². The molecule has 2 heterocycles. The molecular weight excluding hydrogens is 416 g/mol. The zero-order chi connectivity index (χ0) is 23.5. The van der Waals surface area contributed by atoms with Crippen LogP contribution in [0.25, 0.3) is 16.7 Å². The van der Waals surface area contributed by atoms with Gasteiger partial charge in [-0.05, 0) is 51.5 Å². The molecule has 0 saturated heterocycles. The van der Waals surface area contributed by atoms with Crippen LogP contribution in [-0.2, 0) is 17.9 Å². The van der Waals surface area contributed by atoms with Gasteiger partial charge in [-0.25, -0.2) is 4.98 Å². The first-order valence-electron chi connectivity index (χ1n) is 11.0. The summed E-state index contributed by atoms with van der Waals surface area (Å²) in [6.07, 6.45) is 1.45. The van der Waals surface area contributed by atoms with Crippen LogP contribution in [0.15, 0.2) is 59.7 Å². The maximum atomic E-state index is 13.3. The van der Waals surface area contributed by atoms with Gasteiger partial charge in [0.15, 0.2) is 5.65 Å². The first-order valence-corrected chi connectivity index (χ1v) is 11.0. The molecule has 33 heavy (non-hydrogen) atoms. The number of carbonyl (C=O) groups excluding carboxylic acids is 1. The SMILES string of the molecule is CCOc1ccccc1CNC(=O)Cn1cnc2c(c(C)c(C)n2-c2ccc(C)cc2)c1=O. The lowest BCUT2D eigenvalue weighted by Gasteiger charge is -2.12. The largest absolute Gasteiger partial charge is 0.494 e. The lowest BCUT2D eigenvalue weighted by atomic mass is 10.2. The van der Waals surface area contributed by atoms with Crippen LogP contribution >= 0.6 is 0 Å². The van der Waals surface area contributed by atoms with E-state index in [2.05, 4.69) is 10.3 Å². The summed E-state index contributed by atoms with van der Waals surface area (Å²) in [5.74, 6) is 0.473. The Morgan fingerprint density at radius 1 is 1.06 bits per heavy atom. The first kappa shape index (κ1) is 22.3. The van der Waals surface area contributed by atoms with E-state index in [1.807, 2.05) is 80.8 Å². The molecule has 0 fully saturated rings. The molecule has 0 saturated carbocycles. The number of ether oxygens (including phenoxy) is 1. The molecule has 1 N–H and O–H groups in total. The molecule has 0 aliphatic rings. The second-order valence-corrected chi connectivity index (χ2v) is 8.08. The molecule has 0 bridgehead atoms. The topological polar surface area (TPSA) is 78.2 Å². The van der Waals surface area contributed by atoms with Gasteiger partial charge < -0.3 is 10.1 Å². The van der Waals surface area contributed by atoms with Crippen LogP contribution in [0.2, 0.25) is 0 Å². The van der Waals surface area contributed by atoms with Gasteiger partial charge in [0.1, 0.15) is 18.6 Å². The first-order chi connectivity index (χ1) is 15.9. The van der Waals surface area contributed by atoms with E-state index in [1.54, 1.807) is 0 Å². The van der Waals surface area contributed by atoms with E-state index in [1.165, 1.54) is 10.9 Å². The highest BCUT2D eigenvalue weighted by atomic mass is 16.5. The van der Waals surface area contributed by atoms with Gasteiger partial charge in [0.05, 0.1) is 12.0 Å². The minimum absolute atomic E-state index is 0.104. The van der Waals surface area contributed by atoms with Gasteiger partial charge in [-0.2, -0.15) is 0 Å². The van der Waals surface area contributed by atoms with Crippen molar-refractivity contribution in [3.05, 3.63) is 87.6 Å². The molecule has 0 radical (unpaired) electrons. The highest BCUT2D eigenvalue weighted by Crippen LogP contribution is 2.25. The predicted octanol–water partition coefficient (Wildman–Crippen LogP) is 3.83. The van der Waals surface area contributed by atoms with E-state index in [4.69, 9.17) is 4.74 Å². The predicted molar refractivity (Wildman–Crippen MR) is 129 cm³/mol. The van der Waals surface area contributed by atoms with Crippen molar-refractivity contribution in [3.63, 3.8) is 0 Å². The molecule has 7 heteroatoms. The Labute approximate surface area is 192 Å². The fraction of sp³-hybridized carbons (Fsp3) is 0.269. The van der Waals surface area contributed by atoms with Gasteiger partial charge in [-0.3, -0.25) is 18.7 Å². The van der Waals surface area contributed by atoms with Crippen molar-refractivity contribution in [3.8, 4) is 11.4 Å². The fourth-order valence-corrected chi connectivity index (χ4v) is 3.96. The minimum Gasteiger partial charge on any atom is -0.494 e. The number of nitrogens with one attached hydrogen (secondary N) is 1. The molecular formula is C26H28N4O3. The number of para-hydroxylation sites is 1.